The number of aromatic nitrogens is 1. The van der Waals surface area contributed by atoms with Crippen molar-refractivity contribution >= 4 is 22.8 Å². The van der Waals surface area contributed by atoms with Crippen LogP contribution in [0.15, 0.2) is 29.4 Å². The highest BCUT2D eigenvalue weighted by atomic mass is 16.2. The quantitative estimate of drug-likeness (QED) is 0.652. The van der Waals surface area contributed by atoms with Crippen LogP contribution in [-0.4, -0.2) is 65.9 Å². The first-order valence-electron chi connectivity index (χ1n) is 9.44. The normalized spacial score (nSPS) is 15.6. The number of amides is 1. The highest BCUT2D eigenvalue weighted by Crippen LogP contribution is 2.22. The zero-order chi connectivity index (χ0) is 18.5. The largest absolute Gasteiger partial charge is 0.361 e. The molecule has 2 aromatic rings. The van der Waals surface area contributed by atoms with Crippen LogP contribution in [-0.2, 0) is 11.2 Å². The van der Waals surface area contributed by atoms with E-state index in [1.807, 2.05) is 4.90 Å². The number of hydrogen-bond acceptors (Lipinski definition) is 2. The van der Waals surface area contributed by atoms with Gasteiger partial charge >= 0.3 is 0 Å². The van der Waals surface area contributed by atoms with Crippen molar-refractivity contribution in [1.82, 2.24) is 20.1 Å². The molecule has 2 N–H and O–H groups in total. The molecule has 0 radical (unpaired) electrons. The Morgan fingerprint density at radius 1 is 1.23 bits per heavy atom. The van der Waals surface area contributed by atoms with Gasteiger partial charge in [0, 0.05) is 63.3 Å². The van der Waals surface area contributed by atoms with E-state index in [1.54, 1.807) is 6.92 Å². The lowest BCUT2D eigenvalue weighted by atomic mass is 10.1. The summed E-state index contributed by atoms with van der Waals surface area (Å²) in [6.45, 7) is 10.7. The van der Waals surface area contributed by atoms with Crippen LogP contribution in [0.3, 0.4) is 0 Å². The molecule has 3 rings (SSSR count). The molecule has 26 heavy (non-hydrogen) atoms. The molecule has 0 spiro atoms. The molecule has 6 nitrogen and oxygen atoms in total. The maximum atomic E-state index is 11.5. The molecule has 0 unspecified atom stereocenters. The van der Waals surface area contributed by atoms with Crippen molar-refractivity contribution in [2.45, 2.75) is 27.2 Å². The van der Waals surface area contributed by atoms with Crippen LogP contribution < -0.4 is 5.32 Å². The lowest BCUT2D eigenvalue weighted by Crippen LogP contribution is -2.53. The monoisotopic (exact) mass is 355 g/mol. The number of aryl methyl sites for hydroxylation is 1. The first-order chi connectivity index (χ1) is 12.6. The number of nitrogens with zero attached hydrogens (tertiary/aromatic N) is 3. The lowest BCUT2D eigenvalue weighted by Gasteiger charge is -2.36. The van der Waals surface area contributed by atoms with Crippen LogP contribution in [0.25, 0.3) is 10.9 Å². The van der Waals surface area contributed by atoms with Gasteiger partial charge in [-0.3, -0.25) is 9.79 Å². The molecule has 0 bridgehead atoms. The van der Waals surface area contributed by atoms with Crippen LogP contribution in [0.1, 0.15) is 25.0 Å². The second-order valence-corrected chi connectivity index (χ2v) is 6.79. The Labute approximate surface area is 155 Å². The molecule has 0 aliphatic carbocycles. The van der Waals surface area contributed by atoms with E-state index in [4.69, 9.17) is 4.99 Å². The summed E-state index contributed by atoms with van der Waals surface area (Å²) >= 11 is 0. The van der Waals surface area contributed by atoms with Crippen LogP contribution >= 0.6 is 0 Å². The average Bonchev–Trinajstić information content (AvgIpc) is 3.05. The van der Waals surface area contributed by atoms with Crippen LogP contribution in [0.5, 0.6) is 0 Å². The second kappa shape index (κ2) is 8.25. The molecule has 1 fully saturated rings. The van der Waals surface area contributed by atoms with Gasteiger partial charge in [-0.2, -0.15) is 0 Å². The Bertz CT molecular complexity index is 787. The number of nitrogens with one attached hydrogen (secondary N) is 2. The number of rotatable bonds is 4. The number of carbonyl (C=O) groups excluding carboxylic acids is 1. The summed E-state index contributed by atoms with van der Waals surface area (Å²) in [5.74, 6) is 1.11. The molecule has 1 saturated heterocycles. The van der Waals surface area contributed by atoms with E-state index in [0.717, 1.165) is 51.6 Å². The van der Waals surface area contributed by atoms with E-state index in [2.05, 4.69) is 53.4 Å². The van der Waals surface area contributed by atoms with Crippen molar-refractivity contribution in [1.29, 1.82) is 0 Å². The molecule has 1 aliphatic heterocycles. The number of fused-ring (bicyclic) bond motifs is 1. The minimum Gasteiger partial charge on any atom is -0.361 e. The highest BCUT2D eigenvalue weighted by molar-refractivity contribution is 5.86. The van der Waals surface area contributed by atoms with Gasteiger partial charge in [0.1, 0.15) is 0 Å². The zero-order valence-corrected chi connectivity index (χ0v) is 16.0. The van der Waals surface area contributed by atoms with Gasteiger partial charge in [0.25, 0.3) is 0 Å². The van der Waals surface area contributed by atoms with E-state index >= 15 is 0 Å². The van der Waals surface area contributed by atoms with E-state index in [1.165, 1.54) is 22.0 Å². The Balaban J connectivity index is 1.65. The Morgan fingerprint density at radius 2 is 1.96 bits per heavy atom. The summed E-state index contributed by atoms with van der Waals surface area (Å²) in [4.78, 5) is 23.8. The average molecular weight is 355 g/mol. The molecule has 1 aliphatic rings. The van der Waals surface area contributed by atoms with Gasteiger partial charge in [0.2, 0.25) is 5.91 Å². The number of H-pyrrole nitrogens is 1. The molecule has 2 heterocycles. The molecule has 1 aromatic heterocycles. The van der Waals surface area contributed by atoms with Gasteiger partial charge in [-0.15, -0.1) is 0 Å². The third-order valence-electron chi connectivity index (χ3n) is 5.00. The van der Waals surface area contributed by atoms with Crippen molar-refractivity contribution < 1.29 is 4.79 Å². The van der Waals surface area contributed by atoms with E-state index in [-0.39, 0.29) is 5.91 Å². The summed E-state index contributed by atoms with van der Waals surface area (Å²) in [6.07, 6.45) is 3.01. The van der Waals surface area contributed by atoms with Gasteiger partial charge < -0.3 is 20.1 Å². The first kappa shape index (κ1) is 18.3. The van der Waals surface area contributed by atoms with E-state index in [0.29, 0.717) is 0 Å². The Morgan fingerprint density at radius 3 is 2.65 bits per heavy atom. The zero-order valence-electron chi connectivity index (χ0n) is 16.0. The minimum absolute atomic E-state index is 0.154. The molecule has 140 valence electrons. The fourth-order valence-electron chi connectivity index (χ4n) is 3.59. The summed E-state index contributed by atoms with van der Waals surface area (Å²) in [6, 6.07) is 6.36. The van der Waals surface area contributed by atoms with E-state index < -0.39 is 0 Å². The summed E-state index contributed by atoms with van der Waals surface area (Å²) in [5, 5.41) is 4.71. The lowest BCUT2D eigenvalue weighted by molar-refractivity contribution is -0.130. The van der Waals surface area contributed by atoms with Crippen molar-refractivity contribution in [3.8, 4) is 0 Å². The van der Waals surface area contributed by atoms with Crippen molar-refractivity contribution in [2.75, 3.05) is 39.3 Å². The van der Waals surface area contributed by atoms with Gasteiger partial charge in [-0.25, -0.2) is 0 Å². The van der Waals surface area contributed by atoms with Crippen LogP contribution in [0, 0.1) is 6.92 Å². The SMILES string of the molecule is CCNC(=NCCc1c[nH]c2cccc(C)c12)N1CCN(C(C)=O)CC1. The molecular weight excluding hydrogens is 326 g/mol. The number of benzene rings is 1. The molecule has 0 saturated carbocycles. The third kappa shape index (κ3) is 4.00. The van der Waals surface area contributed by atoms with Gasteiger partial charge in [-0.05, 0) is 37.5 Å². The third-order valence-corrected chi connectivity index (χ3v) is 5.00. The second-order valence-electron chi connectivity index (χ2n) is 6.79. The molecule has 1 amide bonds. The fraction of sp³-hybridized carbons (Fsp3) is 0.500. The fourth-order valence-corrected chi connectivity index (χ4v) is 3.59. The van der Waals surface area contributed by atoms with Crippen molar-refractivity contribution in [2.24, 2.45) is 4.99 Å². The predicted octanol–water partition coefficient (Wildman–Crippen LogP) is 2.15. The summed E-state index contributed by atoms with van der Waals surface area (Å²) in [5.41, 5.74) is 3.81. The Kier molecular flexibility index (Phi) is 5.81. The molecule has 6 heteroatoms. The Hall–Kier alpha value is -2.50. The van der Waals surface area contributed by atoms with Crippen LogP contribution in [0.4, 0.5) is 0 Å². The minimum atomic E-state index is 0.154. The maximum absolute atomic E-state index is 11.5. The maximum Gasteiger partial charge on any atom is 0.219 e. The number of piperazine rings is 1. The number of hydrogen-bond donors (Lipinski definition) is 2. The first-order valence-corrected chi connectivity index (χ1v) is 9.44. The van der Waals surface area contributed by atoms with E-state index in [9.17, 15) is 4.79 Å². The highest BCUT2D eigenvalue weighted by Gasteiger charge is 2.20. The van der Waals surface area contributed by atoms with Crippen molar-refractivity contribution in [3.05, 3.63) is 35.5 Å². The number of guanidine groups is 1. The summed E-state index contributed by atoms with van der Waals surface area (Å²) < 4.78 is 0. The van der Waals surface area contributed by atoms with Gasteiger partial charge in [0.15, 0.2) is 5.96 Å². The molecule has 1 aromatic carbocycles. The molecule has 0 atom stereocenters. The van der Waals surface area contributed by atoms with Gasteiger partial charge in [0.05, 0.1) is 0 Å². The predicted molar refractivity (Wildman–Crippen MR) is 107 cm³/mol. The topological polar surface area (TPSA) is 63.7 Å². The van der Waals surface area contributed by atoms with Crippen molar-refractivity contribution in [3.63, 3.8) is 0 Å². The van der Waals surface area contributed by atoms with Gasteiger partial charge in [-0.1, -0.05) is 12.1 Å². The molecular formula is C20H29N5O. The van der Waals surface area contributed by atoms with Crippen LogP contribution in [0.2, 0.25) is 0 Å². The summed E-state index contributed by atoms with van der Waals surface area (Å²) in [7, 11) is 0. The standard InChI is InChI=1S/C20H29N5O/c1-4-21-20(25-12-10-24(11-13-25)16(3)26)22-9-8-17-14-23-18-7-5-6-15(2)19(17)18/h5-7,14,23H,4,8-13H2,1-3H3,(H,21,22). The number of aromatic amines is 1. The number of aliphatic imine (C=N–C) groups is 1. The number of carbonyl (C=O) groups is 1. The smallest absolute Gasteiger partial charge is 0.219 e.